The molecule has 2 atom stereocenters. The van der Waals surface area contributed by atoms with E-state index in [1.54, 1.807) is 7.11 Å². The van der Waals surface area contributed by atoms with E-state index >= 15 is 0 Å². The van der Waals surface area contributed by atoms with E-state index in [4.69, 9.17) is 10.5 Å². The molecule has 0 aliphatic carbocycles. The Morgan fingerprint density at radius 2 is 2.11 bits per heavy atom. The molecule has 0 aromatic heterocycles. The molecule has 2 rings (SSSR count). The van der Waals surface area contributed by atoms with Gasteiger partial charge < -0.3 is 10.5 Å². The zero-order chi connectivity index (χ0) is 13.3. The first-order chi connectivity index (χ1) is 8.51. The summed E-state index contributed by atoms with van der Waals surface area (Å²) >= 11 is 7.05. The third-order valence-corrected chi connectivity index (χ3v) is 4.48. The highest BCUT2D eigenvalue weighted by Crippen LogP contribution is 2.34. The van der Waals surface area contributed by atoms with Crippen molar-refractivity contribution in [2.75, 3.05) is 20.2 Å². The smallest absolute Gasteiger partial charge is 0.137 e. The lowest BCUT2D eigenvalue weighted by Crippen LogP contribution is -2.28. The molecule has 1 aromatic carbocycles. The topological polar surface area (TPSA) is 38.5 Å². The minimum absolute atomic E-state index is 0.284. The van der Waals surface area contributed by atoms with Crippen molar-refractivity contribution in [3.8, 4) is 5.75 Å². The van der Waals surface area contributed by atoms with Crippen LogP contribution in [0.1, 0.15) is 12.5 Å². The molecule has 0 saturated carbocycles. The summed E-state index contributed by atoms with van der Waals surface area (Å²) in [6.07, 6.45) is 0. The summed E-state index contributed by atoms with van der Waals surface area (Å²) in [6.45, 7) is 5.08. The fraction of sp³-hybridized carbons (Fsp3) is 0.538. The van der Waals surface area contributed by atoms with E-state index in [-0.39, 0.29) is 6.04 Å². The second-order valence-electron chi connectivity index (χ2n) is 4.92. The van der Waals surface area contributed by atoms with Crippen molar-refractivity contribution in [3.05, 3.63) is 26.6 Å². The van der Waals surface area contributed by atoms with Gasteiger partial charge in [0.15, 0.2) is 0 Å². The molecule has 2 unspecified atom stereocenters. The molecule has 1 fully saturated rings. The highest BCUT2D eigenvalue weighted by Gasteiger charge is 2.27. The van der Waals surface area contributed by atoms with Gasteiger partial charge in [0, 0.05) is 35.7 Å². The third-order valence-electron chi connectivity index (χ3n) is 3.43. The van der Waals surface area contributed by atoms with E-state index in [2.05, 4.69) is 49.7 Å². The maximum Gasteiger partial charge on any atom is 0.137 e. The van der Waals surface area contributed by atoms with E-state index in [0.29, 0.717) is 5.92 Å². The first kappa shape index (κ1) is 14.3. The van der Waals surface area contributed by atoms with E-state index in [1.165, 1.54) is 5.56 Å². The van der Waals surface area contributed by atoms with Gasteiger partial charge in [0.2, 0.25) is 0 Å². The van der Waals surface area contributed by atoms with Crippen molar-refractivity contribution in [1.82, 2.24) is 4.90 Å². The van der Waals surface area contributed by atoms with Gasteiger partial charge in [-0.1, -0.05) is 22.9 Å². The van der Waals surface area contributed by atoms with Crippen LogP contribution in [0, 0.1) is 5.92 Å². The maximum atomic E-state index is 6.06. The molecule has 1 aliphatic rings. The van der Waals surface area contributed by atoms with Gasteiger partial charge in [-0.2, -0.15) is 0 Å². The Labute approximate surface area is 125 Å². The lowest BCUT2D eigenvalue weighted by molar-refractivity contribution is 0.309. The predicted molar refractivity (Wildman–Crippen MR) is 80.8 cm³/mol. The Hall–Kier alpha value is -0.100. The Kier molecular flexibility index (Phi) is 4.69. The lowest BCUT2D eigenvalue weighted by Gasteiger charge is -2.18. The molecule has 0 bridgehead atoms. The molecule has 0 spiro atoms. The van der Waals surface area contributed by atoms with E-state index in [9.17, 15) is 0 Å². The van der Waals surface area contributed by atoms with E-state index in [1.807, 2.05) is 6.07 Å². The van der Waals surface area contributed by atoms with Crippen LogP contribution >= 0.6 is 31.9 Å². The quantitative estimate of drug-likeness (QED) is 0.879. The third kappa shape index (κ3) is 3.07. The standard InChI is InChI=1S/C13H18Br2N2O/c1-8-5-17(7-12(8)16)6-9-3-10(14)4-11(15)13(9)18-2/h3-4,8,12H,5-7,16H2,1-2H3. The van der Waals surface area contributed by atoms with Crippen LogP contribution in [0.5, 0.6) is 5.75 Å². The van der Waals surface area contributed by atoms with Crippen molar-refractivity contribution in [3.63, 3.8) is 0 Å². The number of methoxy groups -OCH3 is 1. The van der Waals surface area contributed by atoms with Crippen LogP contribution < -0.4 is 10.5 Å². The molecular formula is C13H18Br2N2O. The summed E-state index contributed by atoms with van der Waals surface area (Å²) in [7, 11) is 1.70. The fourth-order valence-corrected chi connectivity index (χ4v) is 3.90. The van der Waals surface area contributed by atoms with Crippen LogP contribution in [0.15, 0.2) is 21.1 Å². The summed E-state index contributed by atoms with van der Waals surface area (Å²) in [5, 5.41) is 0. The SMILES string of the molecule is COc1c(Br)cc(Br)cc1CN1CC(C)C(N)C1. The fourth-order valence-electron chi connectivity index (χ4n) is 2.42. The number of rotatable bonds is 3. The average Bonchev–Trinajstić information content (AvgIpc) is 2.57. The number of hydrogen-bond donors (Lipinski definition) is 1. The van der Waals surface area contributed by atoms with Gasteiger partial charge in [0.25, 0.3) is 0 Å². The van der Waals surface area contributed by atoms with Crippen LogP contribution in [-0.2, 0) is 6.54 Å². The Bertz CT molecular complexity index is 429. The maximum absolute atomic E-state index is 6.06. The van der Waals surface area contributed by atoms with Crippen LogP contribution in [0.25, 0.3) is 0 Å². The van der Waals surface area contributed by atoms with Crippen LogP contribution in [0.3, 0.4) is 0 Å². The molecule has 2 N–H and O–H groups in total. The minimum atomic E-state index is 0.284. The number of nitrogens with two attached hydrogens (primary N) is 1. The first-order valence-electron chi connectivity index (χ1n) is 6.01. The summed E-state index contributed by atoms with van der Waals surface area (Å²) in [5.41, 5.74) is 7.24. The largest absolute Gasteiger partial charge is 0.495 e. The molecule has 1 saturated heterocycles. The summed E-state index contributed by atoms with van der Waals surface area (Å²) in [5.74, 6) is 1.47. The van der Waals surface area contributed by atoms with Crippen molar-refractivity contribution < 1.29 is 4.74 Å². The molecule has 3 nitrogen and oxygen atoms in total. The summed E-state index contributed by atoms with van der Waals surface area (Å²) < 4.78 is 7.50. The van der Waals surface area contributed by atoms with Gasteiger partial charge in [0.05, 0.1) is 11.6 Å². The number of nitrogens with zero attached hydrogens (tertiary/aromatic N) is 1. The van der Waals surface area contributed by atoms with Crippen molar-refractivity contribution in [1.29, 1.82) is 0 Å². The second kappa shape index (κ2) is 5.90. The summed E-state index contributed by atoms with van der Waals surface area (Å²) in [4.78, 5) is 2.38. The van der Waals surface area contributed by atoms with Crippen molar-refractivity contribution in [2.24, 2.45) is 11.7 Å². The molecule has 5 heteroatoms. The number of halogens is 2. The molecule has 0 amide bonds. The van der Waals surface area contributed by atoms with Gasteiger partial charge in [-0.15, -0.1) is 0 Å². The second-order valence-corrected chi connectivity index (χ2v) is 6.69. The van der Waals surface area contributed by atoms with E-state index < -0.39 is 0 Å². The number of benzene rings is 1. The molecule has 0 radical (unpaired) electrons. The zero-order valence-electron chi connectivity index (χ0n) is 10.6. The highest BCUT2D eigenvalue weighted by atomic mass is 79.9. The average molecular weight is 378 g/mol. The van der Waals surface area contributed by atoms with Crippen LogP contribution in [-0.4, -0.2) is 31.1 Å². The molecule has 18 heavy (non-hydrogen) atoms. The van der Waals surface area contributed by atoms with Gasteiger partial charge in [-0.3, -0.25) is 4.90 Å². The lowest BCUT2D eigenvalue weighted by atomic mass is 10.1. The van der Waals surface area contributed by atoms with Gasteiger partial charge >= 0.3 is 0 Å². The predicted octanol–water partition coefficient (Wildman–Crippen LogP) is 3.00. The van der Waals surface area contributed by atoms with Crippen molar-refractivity contribution in [2.45, 2.75) is 19.5 Å². The van der Waals surface area contributed by atoms with Gasteiger partial charge in [0.1, 0.15) is 5.75 Å². The van der Waals surface area contributed by atoms with Crippen LogP contribution in [0.4, 0.5) is 0 Å². The van der Waals surface area contributed by atoms with Crippen molar-refractivity contribution >= 4 is 31.9 Å². The Morgan fingerprint density at radius 3 is 2.67 bits per heavy atom. The first-order valence-corrected chi connectivity index (χ1v) is 7.59. The Morgan fingerprint density at radius 1 is 1.39 bits per heavy atom. The normalized spacial score (nSPS) is 24.5. The number of ether oxygens (including phenoxy) is 1. The molecule has 1 aliphatic heterocycles. The molecular weight excluding hydrogens is 360 g/mol. The monoisotopic (exact) mass is 376 g/mol. The van der Waals surface area contributed by atoms with E-state index in [0.717, 1.165) is 34.3 Å². The minimum Gasteiger partial charge on any atom is -0.495 e. The summed E-state index contributed by atoms with van der Waals surface area (Å²) in [6, 6.07) is 4.39. The van der Waals surface area contributed by atoms with Gasteiger partial charge in [-0.25, -0.2) is 0 Å². The van der Waals surface area contributed by atoms with Crippen LogP contribution in [0.2, 0.25) is 0 Å². The van der Waals surface area contributed by atoms with Gasteiger partial charge in [-0.05, 0) is 34.0 Å². The molecule has 1 aromatic rings. The Balaban J connectivity index is 2.19. The highest BCUT2D eigenvalue weighted by molar-refractivity contribution is 9.11. The number of likely N-dealkylation sites (tertiary alicyclic amines) is 1. The molecule has 1 heterocycles. The zero-order valence-corrected chi connectivity index (χ0v) is 13.8. The number of hydrogen-bond acceptors (Lipinski definition) is 3. The molecule has 100 valence electrons.